The van der Waals surface area contributed by atoms with E-state index in [2.05, 4.69) is 11.6 Å². The molecule has 0 saturated carbocycles. The van der Waals surface area contributed by atoms with Crippen LogP contribution >= 0.6 is 11.6 Å². The van der Waals surface area contributed by atoms with Crippen LogP contribution in [-0.2, 0) is 4.79 Å². The molecule has 3 nitrogen and oxygen atoms in total. The molecule has 0 unspecified atom stereocenters. The quantitative estimate of drug-likeness (QED) is 0.364. The van der Waals surface area contributed by atoms with E-state index in [1.54, 1.807) is 0 Å². The molecule has 0 aliphatic rings. The minimum absolute atomic E-state index is 0.880. The fourth-order valence-electron chi connectivity index (χ4n) is 0. The summed E-state index contributed by atoms with van der Waals surface area (Å²) in [5.41, 5.74) is 0. The van der Waals surface area contributed by atoms with Gasteiger partial charge in [0, 0.05) is 6.92 Å². The van der Waals surface area contributed by atoms with Gasteiger partial charge in [-0.25, -0.2) is 0 Å². The van der Waals surface area contributed by atoms with Crippen molar-refractivity contribution in [2.75, 3.05) is 0 Å². The van der Waals surface area contributed by atoms with Gasteiger partial charge in [-0.05, 0) is 11.6 Å². The molecule has 7 heavy (non-hydrogen) atoms. The molecular weight excluding hydrogens is 119 g/mol. The number of rotatable bonds is 1. The summed E-state index contributed by atoms with van der Waals surface area (Å²) in [7, 11) is 0. The minimum Gasteiger partial charge on any atom is -0.347 e. The lowest BCUT2D eigenvalue weighted by Crippen LogP contribution is -2.28. The molecule has 0 rings (SSSR count). The molecule has 0 radical (unpaired) electrons. The number of aliphatic hydroxyl groups is 2. The molecule has 0 bridgehead atoms. The maximum atomic E-state index is 9.83. The molecule has 0 aromatic carbocycles. The van der Waals surface area contributed by atoms with Gasteiger partial charge in [-0.2, -0.15) is 0 Å². The zero-order valence-corrected chi connectivity index (χ0v) is 4.44. The SMILES string of the molecule is CC(=O)C(O)(O)Cl. The van der Waals surface area contributed by atoms with Crippen LogP contribution in [0.5, 0.6) is 0 Å². The molecule has 2 N–H and O–H groups in total. The van der Waals surface area contributed by atoms with Crippen molar-refractivity contribution in [3.05, 3.63) is 0 Å². The standard InChI is InChI=1S/C3H5ClO3/c1-2(5)3(4,6)7/h6-7H,1H3. The van der Waals surface area contributed by atoms with Gasteiger partial charge >= 0.3 is 5.25 Å². The largest absolute Gasteiger partial charge is 0.347 e. The van der Waals surface area contributed by atoms with E-state index in [0.717, 1.165) is 6.92 Å². The van der Waals surface area contributed by atoms with Gasteiger partial charge in [0.1, 0.15) is 0 Å². The molecule has 0 heterocycles. The highest BCUT2D eigenvalue weighted by atomic mass is 35.5. The number of hydrogen-bond donors (Lipinski definition) is 2. The van der Waals surface area contributed by atoms with Crippen molar-refractivity contribution in [1.29, 1.82) is 0 Å². The fourth-order valence-corrected chi connectivity index (χ4v) is 0. The van der Waals surface area contributed by atoms with Gasteiger partial charge in [-0.15, -0.1) is 0 Å². The molecule has 0 aromatic heterocycles. The number of carbonyl (C=O) groups is 1. The van der Waals surface area contributed by atoms with Crippen LogP contribution in [0.3, 0.4) is 0 Å². The molecule has 0 amide bonds. The van der Waals surface area contributed by atoms with Gasteiger partial charge in [0.2, 0.25) is 5.78 Å². The van der Waals surface area contributed by atoms with Crippen LogP contribution in [0.2, 0.25) is 0 Å². The smallest absolute Gasteiger partial charge is 0.305 e. The average molecular weight is 125 g/mol. The van der Waals surface area contributed by atoms with Gasteiger partial charge < -0.3 is 10.2 Å². The lowest BCUT2D eigenvalue weighted by Gasteiger charge is -2.05. The van der Waals surface area contributed by atoms with E-state index in [-0.39, 0.29) is 0 Å². The maximum Gasteiger partial charge on any atom is 0.305 e. The molecule has 0 fully saturated rings. The van der Waals surface area contributed by atoms with Crippen LogP contribution in [0.1, 0.15) is 6.92 Å². The highest BCUT2D eigenvalue weighted by molar-refractivity contribution is 6.31. The summed E-state index contributed by atoms with van der Waals surface area (Å²) in [4.78, 5) is 9.83. The summed E-state index contributed by atoms with van der Waals surface area (Å²) >= 11 is 4.63. The van der Waals surface area contributed by atoms with Crippen LogP contribution in [0.15, 0.2) is 0 Å². The zero-order valence-electron chi connectivity index (χ0n) is 3.68. The van der Waals surface area contributed by atoms with Crippen molar-refractivity contribution in [3.63, 3.8) is 0 Å². The molecule has 0 aromatic rings. The summed E-state index contributed by atoms with van der Waals surface area (Å²) in [6, 6.07) is 0. The van der Waals surface area contributed by atoms with Crippen molar-refractivity contribution >= 4 is 17.4 Å². The van der Waals surface area contributed by atoms with Gasteiger partial charge in [0.05, 0.1) is 0 Å². The predicted octanol–water partition coefficient (Wildman–Crippen LogP) is -0.547. The van der Waals surface area contributed by atoms with Crippen LogP contribution in [0.4, 0.5) is 0 Å². The normalized spacial score (nSPS) is 11.4. The van der Waals surface area contributed by atoms with E-state index in [1.165, 1.54) is 0 Å². The number of ketones is 1. The third kappa shape index (κ3) is 2.56. The molecule has 0 aliphatic carbocycles. The first-order chi connectivity index (χ1) is 2.94. The highest BCUT2D eigenvalue weighted by Crippen LogP contribution is 2.04. The monoisotopic (exact) mass is 124 g/mol. The topological polar surface area (TPSA) is 57.5 Å². The number of Topliss-reactive ketones (excluding diaryl/α,β-unsaturated/α-hetero) is 1. The third-order valence-electron chi connectivity index (χ3n) is 0.448. The van der Waals surface area contributed by atoms with Crippen molar-refractivity contribution in [1.82, 2.24) is 0 Å². The summed E-state index contributed by atoms with van der Waals surface area (Å²) in [6.45, 7) is 0.979. The van der Waals surface area contributed by atoms with Crippen LogP contribution in [-0.4, -0.2) is 21.2 Å². The molecule has 4 heteroatoms. The molecular formula is C3H5ClO3. The Morgan fingerprint density at radius 1 is 1.71 bits per heavy atom. The number of carbonyl (C=O) groups excluding carboxylic acids is 1. The van der Waals surface area contributed by atoms with E-state index in [4.69, 9.17) is 10.2 Å². The van der Waals surface area contributed by atoms with E-state index >= 15 is 0 Å². The number of halogens is 1. The predicted molar refractivity (Wildman–Crippen MR) is 23.7 cm³/mol. The second-order valence-electron chi connectivity index (χ2n) is 1.14. The van der Waals surface area contributed by atoms with Crippen LogP contribution < -0.4 is 0 Å². The molecule has 0 atom stereocenters. The second-order valence-corrected chi connectivity index (χ2v) is 1.67. The molecule has 0 spiro atoms. The van der Waals surface area contributed by atoms with Crippen LogP contribution in [0.25, 0.3) is 0 Å². The van der Waals surface area contributed by atoms with E-state index < -0.39 is 11.0 Å². The third-order valence-corrected chi connectivity index (χ3v) is 0.714. The summed E-state index contributed by atoms with van der Waals surface area (Å²) in [5.74, 6) is -0.880. The zero-order chi connectivity index (χ0) is 6.08. The number of hydrogen-bond acceptors (Lipinski definition) is 3. The van der Waals surface area contributed by atoms with Gasteiger partial charge in [-0.1, -0.05) is 0 Å². The molecule has 42 valence electrons. The summed E-state index contributed by atoms with van der Waals surface area (Å²) in [6.07, 6.45) is 0. The maximum absolute atomic E-state index is 9.83. The van der Waals surface area contributed by atoms with Gasteiger partial charge in [0.15, 0.2) is 0 Å². The van der Waals surface area contributed by atoms with Gasteiger partial charge in [-0.3, -0.25) is 4.79 Å². The first-order valence-corrected chi connectivity index (χ1v) is 1.97. The first-order valence-electron chi connectivity index (χ1n) is 1.59. The Morgan fingerprint density at radius 3 is 1.86 bits per heavy atom. The van der Waals surface area contributed by atoms with Crippen molar-refractivity contribution in [2.24, 2.45) is 0 Å². The minimum atomic E-state index is -2.67. The van der Waals surface area contributed by atoms with Crippen molar-refractivity contribution in [2.45, 2.75) is 12.2 Å². The van der Waals surface area contributed by atoms with Gasteiger partial charge in [0.25, 0.3) is 0 Å². The van der Waals surface area contributed by atoms with E-state index in [9.17, 15) is 4.79 Å². The lowest BCUT2D eigenvalue weighted by molar-refractivity contribution is -0.152. The molecule has 0 saturated heterocycles. The Bertz CT molecular complexity index is 82.7. The lowest BCUT2D eigenvalue weighted by atomic mass is 10.4. The summed E-state index contributed by atoms with van der Waals surface area (Å²) in [5, 5.41) is 13.5. The summed E-state index contributed by atoms with van der Waals surface area (Å²) < 4.78 is 0. The van der Waals surface area contributed by atoms with Crippen molar-refractivity contribution in [3.8, 4) is 0 Å². The second kappa shape index (κ2) is 1.78. The highest BCUT2D eigenvalue weighted by Gasteiger charge is 2.24. The van der Waals surface area contributed by atoms with E-state index in [0.29, 0.717) is 0 Å². The Kier molecular flexibility index (Phi) is 1.75. The fraction of sp³-hybridized carbons (Fsp3) is 0.667. The first kappa shape index (κ1) is 6.88. The molecule has 0 aliphatic heterocycles. The Labute approximate surface area is 45.5 Å². The number of alkyl halides is 1. The Morgan fingerprint density at radius 2 is 1.86 bits per heavy atom. The van der Waals surface area contributed by atoms with E-state index in [1.807, 2.05) is 0 Å². The van der Waals surface area contributed by atoms with Crippen molar-refractivity contribution < 1.29 is 15.0 Å². The average Bonchev–Trinajstić information content (AvgIpc) is 1.31. The Balaban J connectivity index is 3.79. The van der Waals surface area contributed by atoms with Crippen LogP contribution in [0, 0.1) is 0 Å². The Hall–Kier alpha value is -0.120.